The first-order valence-electron chi connectivity index (χ1n) is 4.33. The minimum absolute atomic E-state index is 0.119. The molecule has 0 aliphatic rings. The summed E-state index contributed by atoms with van der Waals surface area (Å²) >= 11 is 5.84. The Labute approximate surface area is 90.5 Å². The summed E-state index contributed by atoms with van der Waals surface area (Å²) in [6.45, 7) is 1.71. The van der Waals surface area contributed by atoms with Crippen LogP contribution in [0.3, 0.4) is 0 Å². The summed E-state index contributed by atoms with van der Waals surface area (Å²) in [5, 5.41) is 9.18. The summed E-state index contributed by atoms with van der Waals surface area (Å²) < 4.78 is 5.32. The molecular formula is C10H8ClNO3. The highest BCUT2D eigenvalue weighted by atomic mass is 35.5. The van der Waals surface area contributed by atoms with Crippen molar-refractivity contribution in [3.05, 3.63) is 28.6 Å². The van der Waals surface area contributed by atoms with Crippen LogP contribution >= 0.6 is 11.6 Å². The lowest BCUT2D eigenvalue weighted by atomic mass is 10.1. The molecule has 1 heterocycles. The van der Waals surface area contributed by atoms with Crippen molar-refractivity contribution in [3.63, 3.8) is 0 Å². The Morgan fingerprint density at radius 1 is 1.60 bits per heavy atom. The summed E-state index contributed by atoms with van der Waals surface area (Å²) in [5.74, 6) is -0.425. The van der Waals surface area contributed by atoms with E-state index in [9.17, 15) is 4.79 Å². The molecule has 15 heavy (non-hydrogen) atoms. The summed E-state index contributed by atoms with van der Waals surface area (Å²) in [4.78, 5) is 14.7. The zero-order valence-corrected chi connectivity index (χ0v) is 8.71. The van der Waals surface area contributed by atoms with E-state index in [1.807, 2.05) is 0 Å². The second-order valence-corrected chi connectivity index (χ2v) is 3.65. The lowest BCUT2D eigenvalue weighted by Gasteiger charge is -1.98. The molecule has 2 rings (SSSR count). The van der Waals surface area contributed by atoms with Gasteiger partial charge in [-0.2, -0.15) is 0 Å². The first-order chi connectivity index (χ1) is 7.06. The lowest BCUT2D eigenvalue weighted by Crippen LogP contribution is -2.00. The largest absolute Gasteiger partial charge is 0.481 e. The standard InChI is InChI=1S/C10H8ClNO3/c1-5-12-8-4-7(11)2-6(3-9(13)14)10(8)15-5/h2,4H,3H2,1H3,(H,13,14). The van der Waals surface area contributed by atoms with E-state index in [2.05, 4.69) is 4.98 Å². The molecular weight excluding hydrogens is 218 g/mol. The van der Waals surface area contributed by atoms with E-state index in [1.54, 1.807) is 19.1 Å². The maximum atomic E-state index is 10.6. The van der Waals surface area contributed by atoms with Crippen LogP contribution in [-0.2, 0) is 11.2 Å². The minimum atomic E-state index is -0.924. The predicted octanol–water partition coefficient (Wildman–Crippen LogP) is 2.42. The summed E-state index contributed by atoms with van der Waals surface area (Å²) in [7, 11) is 0. The zero-order chi connectivity index (χ0) is 11.0. The fourth-order valence-corrected chi connectivity index (χ4v) is 1.70. The highest BCUT2D eigenvalue weighted by Gasteiger charge is 2.12. The maximum absolute atomic E-state index is 10.6. The van der Waals surface area contributed by atoms with E-state index >= 15 is 0 Å². The highest BCUT2D eigenvalue weighted by Crippen LogP contribution is 2.25. The van der Waals surface area contributed by atoms with Gasteiger partial charge in [-0.15, -0.1) is 0 Å². The van der Waals surface area contributed by atoms with Crippen molar-refractivity contribution in [1.82, 2.24) is 4.98 Å². The topological polar surface area (TPSA) is 63.3 Å². The van der Waals surface area contributed by atoms with Crippen LogP contribution in [0, 0.1) is 6.92 Å². The van der Waals surface area contributed by atoms with Gasteiger partial charge in [0.05, 0.1) is 6.42 Å². The van der Waals surface area contributed by atoms with Crippen LogP contribution in [0.15, 0.2) is 16.5 Å². The average Bonchev–Trinajstić information content (AvgIpc) is 2.44. The number of carboxylic acids is 1. The number of carboxylic acid groups (broad SMARTS) is 1. The smallest absolute Gasteiger partial charge is 0.307 e. The fourth-order valence-electron chi connectivity index (χ4n) is 1.47. The van der Waals surface area contributed by atoms with Crippen molar-refractivity contribution in [2.45, 2.75) is 13.3 Å². The van der Waals surface area contributed by atoms with E-state index in [-0.39, 0.29) is 6.42 Å². The molecule has 2 aromatic rings. The molecule has 0 unspecified atom stereocenters. The van der Waals surface area contributed by atoms with Crippen LogP contribution in [0.25, 0.3) is 11.1 Å². The van der Waals surface area contributed by atoms with Crippen molar-refractivity contribution in [3.8, 4) is 0 Å². The number of carbonyl (C=O) groups is 1. The second kappa shape index (κ2) is 3.55. The molecule has 1 aromatic carbocycles. The van der Waals surface area contributed by atoms with Crippen LogP contribution < -0.4 is 0 Å². The van der Waals surface area contributed by atoms with Gasteiger partial charge in [0.25, 0.3) is 0 Å². The number of hydrogen-bond donors (Lipinski definition) is 1. The van der Waals surface area contributed by atoms with E-state index in [1.165, 1.54) is 0 Å². The van der Waals surface area contributed by atoms with Crippen LogP contribution in [0.1, 0.15) is 11.5 Å². The normalized spacial score (nSPS) is 10.8. The van der Waals surface area contributed by atoms with Crippen molar-refractivity contribution >= 4 is 28.7 Å². The minimum Gasteiger partial charge on any atom is -0.481 e. The number of nitrogens with zero attached hydrogens (tertiary/aromatic N) is 1. The van der Waals surface area contributed by atoms with Crippen molar-refractivity contribution in [2.75, 3.05) is 0 Å². The van der Waals surface area contributed by atoms with Gasteiger partial charge in [-0.05, 0) is 12.1 Å². The third-order valence-electron chi connectivity index (χ3n) is 1.98. The van der Waals surface area contributed by atoms with Gasteiger partial charge in [0.2, 0.25) is 0 Å². The third kappa shape index (κ3) is 1.94. The van der Waals surface area contributed by atoms with E-state index in [4.69, 9.17) is 21.1 Å². The number of aromatic nitrogens is 1. The molecule has 0 saturated carbocycles. The molecule has 0 saturated heterocycles. The van der Waals surface area contributed by atoms with E-state index < -0.39 is 5.97 Å². The van der Waals surface area contributed by atoms with E-state index in [0.29, 0.717) is 27.6 Å². The maximum Gasteiger partial charge on any atom is 0.307 e. The Morgan fingerprint density at radius 3 is 3.00 bits per heavy atom. The quantitative estimate of drug-likeness (QED) is 0.853. The number of fused-ring (bicyclic) bond motifs is 1. The van der Waals surface area contributed by atoms with Gasteiger partial charge in [0.1, 0.15) is 5.52 Å². The Kier molecular flexibility index (Phi) is 2.36. The van der Waals surface area contributed by atoms with Crippen LogP contribution in [0.4, 0.5) is 0 Å². The fraction of sp³-hybridized carbons (Fsp3) is 0.200. The van der Waals surface area contributed by atoms with Gasteiger partial charge in [-0.3, -0.25) is 4.79 Å². The van der Waals surface area contributed by atoms with Crippen molar-refractivity contribution in [1.29, 1.82) is 0 Å². The molecule has 1 N–H and O–H groups in total. The molecule has 0 amide bonds. The van der Waals surface area contributed by atoms with Gasteiger partial charge in [-0.25, -0.2) is 4.98 Å². The highest BCUT2D eigenvalue weighted by molar-refractivity contribution is 6.31. The van der Waals surface area contributed by atoms with Gasteiger partial charge < -0.3 is 9.52 Å². The second-order valence-electron chi connectivity index (χ2n) is 3.22. The Hall–Kier alpha value is -1.55. The van der Waals surface area contributed by atoms with E-state index in [0.717, 1.165) is 0 Å². The number of oxazole rings is 1. The van der Waals surface area contributed by atoms with Gasteiger partial charge in [0.15, 0.2) is 11.5 Å². The number of halogens is 1. The van der Waals surface area contributed by atoms with Crippen LogP contribution in [0.5, 0.6) is 0 Å². The third-order valence-corrected chi connectivity index (χ3v) is 2.20. The molecule has 78 valence electrons. The summed E-state index contributed by atoms with van der Waals surface area (Å²) in [5.41, 5.74) is 1.64. The Morgan fingerprint density at radius 2 is 2.33 bits per heavy atom. The molecule has 0 fully saturated rings. The van der Waals surface area contributed by atoms with Gasteiger partial charge >= 0.3 is 5.97 Å². The molecule has 0 radical (unpaired) electrons. The number of aryl methyl sites for hydroxylation is 1. The lowest BCUT2D eigenvalue weighted by molar-refractivity contribution is -0.136. The molecule has 5 heteroatoms. The van der Waals surface area contributed by atoms with Crippen LogP contribution in [-0.4, -0.2) is 16.1 Å². The Bertz CT molecular complexity index is 533. The van der Waals surface area contributed by atoms with Crippen molar-refractivity contribution < 1.29 is 14.3 Å². The van der Waals surface area contributed by atoms with Crippen molar-refractivity contribution in [2.24, 2.45) is 0 Å². The van der Waals surface area contributed by atoms with Gasteiger partial charge in [0, 0.05) is 17.5 Å². The average molecular weight is 226 g/mol. The summed E-state index contributed by atoms with van der Waals surface area (Å²) in [6, 6.07) is 3.24. The molecule has 0 atom stereocenters. The molecule has 0 spiro atoms. The molecule has 1 aromatic heterocycles. The molecule has 4 nitrogen and oxygen atoms in total. The molecule has 0 bridgehead atoms. The molecule has 0 aliphatic heterocycles. The number of hydrogen-bond acceptors (Lipinski definition) is 3. The van der Waals surface area contributed by atoms with Crippen LogP contribution in [0.2, 0.25) is 5.02 Å². The predicted molar refractivity (Wildman–Crippen MR) is 55.1 cm³/mol. The summed E-state index contributed by atoms with van der Waals surface area (Å²) in [6.07, 6.45) is -0.119. The number of benzene rings is 1. The Balaban J connectivity index is 2.64. The number of aliphatic carboxylic acids is 1. The number of rotatable bonds is 2. The molecule has 0 aliphatic carbocycles. The van der Waals surface area contributed by atoms with Gasteiger partial charge in [-0.1, -0.05) is 11.6 Å². The monoisotopic (exact) mass is 225 g/mol. The SMILES string of the molecule is Cc1nc2cc(Cl)cc(CC(=O)O)c2o1. The zero-order valence-electron chi connectivity index (χ0n) is 7.95. The first-order valence-corrected chi connectivity index (χ1v) is 4.71. The first kappa shape index (κ1) is 9.98.